The smallest absolute Gasteiger partial charge is 0.226 e. The van der Waals surface area contributed by atoms with E-state index in [1.54, 1.807) is 26.0 Å². The van der Waals surface area contributed by atoms with Crippen LogP contribution in [0.15, 0.2) is 54.0 Å². The van der Waals surface area contributed by atoms with E-state index in [9.17, 15) is 4.79 Å². The van der Waals surface area contributed by atoms with Gasteiger partial charge in [0.05, 0.1) is 21.3 Å². The highest BCUT2D eigenvalue weighted by atomic mass is 16.5. The SMILES string of the molecule is COc1cc([C@@H]2CC(=O)C3=C(C2)Nc2ncnn2[C@@H]3c2ccc(C)cc2)cc(OC)c1OC. The summed E-state index contributed by atoms with van der Waals surface area (Å²) in [5.41, 5.74) is 4.78. The van der Waals surface area contributed by atoms with Gasteiger partial charge in [0, 0.05) is 17.7 Å². The van der Waals surface area contributed by atoms with Gasteiger partial charge in [-0.1, -0.05) is 29.8 Å². The normalized spacial score (nSPS) is 19.5. The molecule has 2 aromatic carbocycles. The van der Waals surface area contributed by atoms with Crippen LogP contribution in [0, 0.1) is 6.92 Å². The predicted octanol–water partition coefficient (Wildman–Crippen LogP) is 4.03. The molecule has 2 atom stereocenters. The molecule has 8 nitrogen and oxygen atoms in total. The molecule has 0 amide bonds. The second-order valence-corrected chi connectivity index (χ2v) is 8.35. The molecule has 3 aromatic rings. The summed E-state index contributed by atoms with van der Waals surface area (Å²) >= 11 is 0. The Balaban J connectivity index is 1.57. The molecule has 0 spiro atoms. The summed E-state index contributed by atoms with van der Waals surface area (Å²) in [6.45, 7) is 2.05. The van der Waals surface area contributed by atoms with Gasteiger partial charge < -0.3 is 19.5 Å². The number of fused-ring (bicyclic) bond motifs is 1. The summed E-state index contributed by atoms with van der Waals surface area (Å²) in [6.07, 6.45) is 2.56. The number of methoxy groups -OCH3 is 3. The minimum absolute atomic E-state index is 0.0365. The van der Waals surface area contributed by atoms with Gasteiger partial charge in [0.15, 0.2) is 17.3 Å². The summed E-state index contributed by atoms with van der Waals surface area (Å²) < 4.78 is 18.3. The van der Waals surface area contributed by atoms with Crippen LogP contribution in [-0.2, 0) is 4.79 Å². The lowest BCUT2D eigenvalue weighted by Gasteiger charge is -2.35. The number of anilines is 1. The van der Waals surface area contributed by atoms with Gasteiger partial charge in [-0.25, -0.2) is 4.68 Å². The summed E-state index contributed by atoms with van der Waals surface area (Å²) in [4.78, 5) is 18.0. The zero-order chi connectivity index (χ0) is 23.1. The number of Topliss-reactive ketones (excluding diaryl/α,β-unsaturated/α-hetero) is 1. The van der Waals surface area contributed by atoms with E-state index in [1.807, 2.05) is 19.1 Å². The van der Waals surface area contributed by atoms with Gasteiger partial charge >= 0.3 is 0 Å². The number of allylic oxidation sites excluding steroid dienone is 2. The minimum Gasteiger partial charge on any atom is -0.493 e. The number of carbonyl (C=O) groups is 1. The topological polar surface area (TPSA) is 87.5 Å². The minimum atomic E-state index is -0.298. The molecule has 2 aliphatic rings. The molecule has 0 saturated carbocycles. The second kappa shape index (κ2) is 8.27. The monoisotopic (exact) mass is 446 g/mol. The number of carbonyl (C=O) groups excluding carboxylic acids is 1. The molecule has 0 unspecified atom stereocenters. The summed E-state index contributed by atoms with van der Waals surface area (Å²) in [6, 6.07) is 11.8. The van der Waals surface area contributed by atoms with E-state index in [-0.39, 0.29) is 17.7 Å². The first-order valence-corrected chi connectivity index (χ1v) is 10.8. The standard InChI is InChI=1S/C25H26N4O4/c1-14-5-7-15(8-6-14)23-22-18(28-25-26-13-27-29(23)25)9-16(10-19(22)30)17-11-20(31-2)24(33-4)21(12-17)32-3/h5-8,11-13,16,23H,9-10H2,1-4H3,(H,26,27,28)/t16-,23+/m0/s1. The Morgan fingerprint density at radius 1 is 0.970 bits per heavy atom. The van der Waals surface area contributed by atoms with Gasteiger partial charge in [0.2, 0.25) is 11.7 Å². The molecule has 1 aliphatic carbocycles. The number of ketones is 1. The number of nitrogens with one attached hydrogen (secondary N) is 1. The fourth-order valence-corrected chi connectivity index (χ4v) is 4.78. The number of benzene rings is 2. The summed E-state index contributed by atoms with van der Waals surface area (Å²) in [7, 11) is 4.76. The van der Waals surface area contributed by atoms with Crippen molar-refractivity contribution in [1.82, 2.24) is 14.8 Å². The average Bonchev–Trinajstić information content (AvgIpc) is 3.30. The van der Waals surface area contributed by atoms with Crippen molar-refractivity contribution in [2.75, 3.05) is 26.6 Å². The van der Waals surface area contributed by atoms with Crippen molar-refractivity contribution >= 4 is 11.7 Å². The molecule has 0 saturated heterocycles. The van der Waals surface area contributed by atoms with Gasteiger partial charge in [0.1, 0.15) is 12.4 Å². The lowest BCUT2D eigenvalue weighted by molar-refractivity contribution is -0.116. The third-order valence-corrected chi connectivity index (χ3v) is 6.41. The van der Waals surface area contributed by atoms with Crippen molar-refractivity contribution in [1.29, 1.82) is 0 Å². The lowest BCUT2D eigenvalue weighted by Crippen LogP contribution is -2.33. The third kappa shape index (κ3) is 3.51. The van der Waals surface area contributed by atoms with Gasteiger partial charge in [-0.2, -0.15) is 10.1 Å². The molecule has 0 radical (unpaired) electrons. The fraction of sp³-hybridized carbons (Fsp3) is 0.320. The summed E-state index contributed by atoms with van der Waals surface area (Å²) in [5, 5.41) is 7.77. The first-order valence-electron chi connectivity index (χ1n) is 10.8. The molecular formula is C25H26N4O4. The van der Waals surface area contributed by atoms with E-state index < -0.39 is 0 Å². The maximum atomic E-state index is 13.6. The third-order valence-electron chi connectivity index (χ3n) is 6.41. The molecule has 0 bridgehead atoms. The highest BCUT2D eigenvalue weighted by Crippen LogP contribution is 2.47. The number of ether oxygens (including phenoxy) is 3. The van der Waals surface area contributed by atoms with Gasteiger partial charge in [-0.15, -0.1) is 0 Å². The zero-order valence-electron chi connectivity index (χ0n) is 19.1. The Morgan fingerprint density at radius 3 is 2.30 bits per heavy atom. The van der Waals surface area contributed by atoms with E-state index >= 15 is 0 Å². The Morgan fingerprint density at radius 2 is 1.67 bits per heavy atom. The highest BCUT2D eigenvalue weighted by Gasteiger charge is 2.39. The van der Waals surface area contributed by atoms with Crippen molar-refractivity contribution in [3.63, 3.8) is 0 Å². The van der Waals surface area contributed by atoms with Crippen LogP contribution >= 0.6 is 0 Å². The number of rotatable bonds is 5. The lowest BCUT2D eigenvalue weighted by atomic mass is 9.77. The molecular weight excluding hydrogens is 420 g/mol. The highest BCUT2D eigenvalue weighted by molar-refractivity contribution is 6.00. The molecule has 170 valence electrons. The number of aromatic nitrogens is 3. The van der Waals surface area contributed by atoms with Crippen LogP contribution in [-0.4, -0.2) is 41.9 Å². The van der Waals surface area contributed by atoms with Crippen LogP contribution in [0.4, 0.5) is 5.95 Å². The van der Waals surface area contributed by atoms with Crippen molar-refractivity contribution in [3.8, 4) is 17.2 Å². The maximum Gasteiger partial charge on any atom is 0.226 e. The number of aryl methyl sites for hydroxylation is 1. The molecule has 0 fully saturated rings. The van der Waals surface area contributed by atoms with Crippen LogP contribution < -0.4 is 19.5 Å². The van der Waals surface area contributed by atoms with E-state index in [0.29, 0.717) is 36.0 Å². The number of nitrogens with zero attached hydrogens (tertiary/aromatic N) is 3. The Kier molecular flexibility index (Phi) is 5.28. The number of hydrogen-bond donors (Lipinski definition) is 1. The van der Waals surface area contributed by atoms with Crippen molar-refractivity contribution in [2.45, 2.75) is 31.7 Å². The molecule has 2 heterocycles. The fourth-order valence-electron chi connectivity index (χ4n) is 4.78. The number of hydrogen-bond acceptors (Lipinski definition) is 7. The molecule has 1 aliphatic heterocycles. The van der Waals surface area contributed by atoms with E-state index in [2.05, 4.69) is 39.7 Å². The van der Waals surface area contributed by atoms with Crippen LogP contribution in [0.5, 0.6) is 17.2 Å². The van der Waals surface area contributed by atoms with Crippen molar-refractivity contribution in [3.05, 3.63) is 70.7 Å². The van der Waals surface area contributed by atoms with Crippen LogP contribution in [0.2, 0.25) is 0 Å². The van der Waals surface area contributed by atoms with Crippen LogP contribution in [0.25, 0.3) is 0 Å². The molecule has 33 heavy (non-hydrogen) atoms. The first-order chi connectivity index (χ1) is 16.0. The molecule has 1 aromatic heterocycles. The van der Waals surface area contributed by atoms with Crippen molar-refractivity contribution in [2.24, 2.45) is 0 Å². The van der Waals surface area contributed by atoms with Crippen molar-refractivity contribution < 1.29 is 19.0 Å². The van der Waals surface area contributed by atoms with Gasteiger partial charge in [0.25, 0.3) is 0 Å². The Hall–Kier alpha value is -3.81. The predicted molar refractivity (Wildman–Crippen MR) is 123 cm³/mol. The Labute approximate surface area is 192 Å². The zero-order valence-corrected chi connectivity index (χ0v) is 19.1. The van der Waals surface area contributed by atoms with E-state index in [4.69, 9.17) is 14.2 Å². The average molecular weight is 447 g/mol. The maximum absolute atomic E-state index is 13.6. The van der Waals surface area contributed by atoms with Crippen LogP contribution in [0.3, 0.4) is 0 Å². The van der Waals surface area contributed by atoms with Gasteiger partial charge in [-0.3, -0.25) is 4.79 Å². The molecule has 5 rings (SSSR count). The molecule has 8 heteroatoms. The Bertz CT molecular complexity index is 1220. The second-order valence-electron chi connectivity index (χ2n) is 8.35. The molecule has 1 N–H and O–H groups in total. The first kappa shape index (κ1) is 21.1. The van der Waals surface area contributed by atoms with E-state index in [0.717, 1.165) is 28.0 Å². The van der Waals surface area contributed by atoms with E-state index in [1.165, 1.54) is 6.33 Å². The largest absolute Gasteiger partial charge is 0.493 e. The van der Waals surface area contributed by atoms with Crippen LogP contribution in [0.1, 0.15) is 41.5 Å². The summed E-state index contributed by atoms with van der Waals surface area (Å²) in [5.74, 6) is 2.38. The quantitative estimate of drug-likeness (QED) is 0.633. The van der Waals surface area contributed by atoms with Gasteiger partial charge in [-0.05, 0) is 42.5 Å².